The van der Waals surface area contributed by atoms with E-state index in [0.717, 1.165) is 6.26 Å². The number of primary amides is 1. The number of sulfone groups is 1. The van der Waals surface area contributed by atoms with Crippen molar-refractivity contribution < 1.29 is 13.2 Å². The monoisotopic (exact) mass is 252 g/mol. The second-order valence-corrected chi connectivity index (χ2v) is 5.93. The number of para-hydroxylation sites is 1. The molecule has 0 unspecified atom stereocenters. The van der Waals surface area contributed by atoms with Gasteiger partial charge in [0.1, 0.15) is 0 Å². The van der Waals surface area contributed by atoms with Crippen LogP contribution in [0.1, 0.15) is 10.4 Å². The Morgan fingerprint density at radius 1 is 1.35 bits per heavy atom. The standard InChI is InChI=1S/C11H12N2O3S/c1-13-6-8(11(12)14)7-4-3-5-9(10(7)13)17(2,15)16/h3-6H,1-2H3,(H2,12,14). The van der Waals surface area contributed by atoms with E-state index in [1.807, 2.05) is 0 Å². The molecule has 6 heteroatoms. The third kappa shape index (κ3) is 1.80. The van der Waals surface area contributed by atoms with Crippen LogP contribution < -0.4 is 5.73 Å². The van der Waals surface area contributed by atoms with Gasteiger partial charge in [0, 0.05) is 24.9 Å². The van der Waals surface area contributed by atoms with Crippen LogP contribution in [-0.2, 0) is 16.9 Å². The lowest BCUT2D eigenvalue weighted by Gasteiger charge is -2.03. The van der Waals surface area contributed by atoms with Crippen LogP contribution in [-0.4, -0.2) is 25.1 Å². The number of carbonyl (C=O) groups excluding carboxylic acids is 1. The highest BCUT2D eigenvalue weighted by atomic mass is 32.2. The molecule has 1 aromatic heterocycles. The van der Waals surface area contributed by atoms with E-state index in [1.165, 1.54) is 6.07 Å². The maximum absolute atomic E-state index is 11.6. The first-order valence-corrected chi connectivity index (χ1v) is 6.79. The zero-order valence-electron chi connectivity index (χ0n) is 9.47. The minimum atomic E-state index is -3.34. The van der Waals surface area contributed by atoms with Crippen LogP contribution in [0.25, 0.3) is 10.9 Å². The normalized spacial score (nSPS) is 11.9. The van der Waals surface area contributed by atoms with E-state index in [9.17, 15) is 13.2 Å². The van der Waals surface area contributed by atoms with E-state index < -0.39 is 15.7 Å². The Bertz CT molecular complexity index is 714. The minimum absolute atomic E-state index is 0.199. The van der Waals surface area contributed by atoms with Crippen LogP contribution in [0.4, 0.5) is 0 Å². The number of nitrogens with two attached hydrogens (primary N) is 1. The summed E-state index contributed by atoms with van der Waals surface area (Å²) in [6.07, 6.45) is 2.68. The molecule has 0 saturated heterocycles. The molecule has 0 bridgehead atoms. The molecular formula is C11H12N2O3S. The lowest BCUT2D eigenvalue weighted by molar-refractivity contribution is 0.100. The molecule has 2 rings (SSSR count). The van der Waals surface area contributed by atoms with Gasteiger partial charge in [-0.3, -0.25) is 4.79 Å². The first kappa shape index (κ1) is 11.7. The summed E-state index contributed by atoms with van der Waals surface area (Å²) in [5.74, 6) is -0.568. The molecule has 0 fully saturated rings. The number of rotatable bonds is 2. The number of fused-ring (bicyclic) bond motifs is 1. The van der Waals surface area contributed by atoms with Crippen molar-refractivity contribution in [3.8, 4) is 0 Å². The molecule has 0 aliphatic heterocycles. The predicted molar refractivity (Wildman–Crippen MR) is 64.5 cm³/mol. The van der Waals surface area contributed by atoms with Crippen LogP contribution in [0.5, 0.6) is 0 Å². The average Bonchev–Trinajstić information content (AvgIpc) is 2.55. The summed E-state index contributed by atoms with van der Waals surface area (Å²) in [5, 5.41) is 0.558. The van der Waals surface area contributed by atoms with Gasteiger partial charge in [-0.2, -0.15) is 0 Å². The Morgan fingerprint density at radius 3 is 2.53 bits per heavy atom. The smallest absolute Gasteiger partial charge is 0.250 e. The lowest BCUT2D eigenvalue weighted by Crippen LogP contribution is -2.10. The maximum atomic E-state index is 11.6. The number of benzene rings is 1. The number of hydrogen-bond donors (Lipinski definition) is 1. The number of carbonyl (C=O) groups is 1. The molecule has 2 aromatic rings. The summed E-state index contributed by atoms with van der Waals surface area (Å²) in [6.45, 7) is 0. The number of hydrogen-bond acceptors (Lipinski definition) is 3. The molecule has 0 spiro atoms. The maximum Gasteiger partial charge on any atom is 0.250 e. The van der Waals surface area contributed by atoms with Gasteiger partial charge in [-0.15, -0.1) is 0 Å². The first-order chi connectivity index (χ1) is 7.82. The second-order valence-electron chi connectivity index (χ2n) is 3.94. The molecule has 1 amide bonds. The second kappa shape index (κ2) is 3.59. The first-order valence-electron chi connectivity index (χ1n) is 4.90. The molecule has 0 atom stereocenters. The summed E-state index contributed by atoms with van der Waals surface area (Å²) < 4.78 is 24.9. The summed E-state index contributed by atoms with van der Waals surface area (Å²) in [7, 11) is -1.65. The molecule has 0 aliphatic rings. The van der Waals surface area contributed by atoms with Gasteiger partial charge in [0.2, 0.25) is 0 Å². The van der Waals surface area contributed by atoms with E-state index in [1.54, 1.807) is 29.9 Å². The number of aromatic nitrogens is 1. The summed E-state index contributed by atoms with van der Waals surface area (Å²) in [6, 6.07) is 4.80. The van der Waals surface area contributed by atoms with Crippen molar-refractivity contribution in [1.29, 1.82) is 0 Å². The Balaban J connectivity index is 2.97. The van der Waals surface area contributed by atoms with Gasteiger partial charge in [-0.25, -0.2) is 8.42 Å². The van der Waals surface area contributed by atoms with Crippen LogP contribution in [0.15, 0.2) is 29.3 Å². The molecule has 90 valence electrons. The van der Waals surface area contributed by atoms with E-state index in [2.05, 4.69) is 0 Å². The molecule has 17 heavy (non-hydrogen) atoms. The van der Waals surface area contributed by atoms with Gasteiger partial charge < -0.3 is 10.3 Å². The molecular weight excluding hydrogens is 240 g/mol. The Hall–Kier alpha value is -1.82. The average molecular weight is 252 g/mol. The topological polar surface area (TPSA) is 82.2 Å². The van der Waals surface area contributed by atoms with Gasteiger partial charge in [-0.05, 0) is 6.07 Å². The summed E-state index contributed by atoms with van der Waals surface area (Å²) >= 11 is 0. The fourth-order valence-corrected chi connectivity index (χ4v) is 2.86. The van der Waals surface area contributed by atoms with Gasteiger partial charge in [0.25, 0.3) is 5.91 Å². The van der Waals surface area contributed by atoms with Crippen LogP contribution in [0.2, 0.25) is 0 Å². The van der Waals surface area contributed by atoms with Crippen molar-refractivity contribution in [1.82, 2.24) is 4.57 Å². The molecule has 1 heterocycles. The summed E-state index contributed by atoms with van der Waals surface area (Å²) in [4.78, 5) is 11.4. The molecule has 0 radical (unpaired) electrons. The molecule has 2 N–H and O–H groups in total. The van der Waals surface area contributed by atoms with Crippen molar-refractivity contribution >= 4 is 26.6 Å². The van der Waals surface area contributed by atoms with Crippen molar-refractivity contribution in [2.75, 3.05) is 6.26 Å². The van der Waals surface area contributed by atoms with Crippen molar-refractivity contribution in [3.05, 3.63) is 30.0 Å². The highest BCUT2D eigenvalue weighted by Crippen LogP contribution is 2.26. The van der Waals surface area contributed by atoms with Gasteiger partial charge >= 0.3 is 0 Å². The Kier molecular flexibility index (Phi) is 2.46. The number of amides is 1. The van der Waals surface area contributed by atoms with E-state index in [-0.39, 0.29) is 4.90 Å². The van der Waals surface area contributed by atoms with Crippen molar-refractivity contribution in [2.24, 2.45) is 12.8 Å². The zero-order valence-corrected chi connectivity index (χ0v) is 10.3. The van der Waals surface area contributed by atoms with Crippen molar-refractivity contribution in [2.45, 2.75) is 4.90 Å². The SMILES string of the molecule is Cn1cc(C(N)=O)c2cccc(S(C)(=O)=O)c21. The quantitative estimate of drug-likeness (QED) is 0.853. The van der Waals surface area contributed by atoms with Crippen LogP contribution in [0, 0.1) is 0 Å². The van der Waals surface area contributed by atoms with Crippen LogP contribution >= 0.6 is 0 Å². The number of nitrogens with zero attached hydrogens (tertiary/aromatic N) is 1. The minimum Gasteiger partial charge on any atom is -0.366 e. The largest absolute Gasteiger partial charge is 0.366 e. The van der Waals surface area contributed by atoms with E-state index in [0.29, 0.717) is 16.5 Å². The van der Waals surface area contributed by atoms with E-state index in [4.69, 9.17) is 5.73 Å². The number of aryl methyl sites for hydroxylation is 1. The Morgan fingerprint density at radius 2 is 2.00 bits per heavy atom. The highest BCUT2D eigenvalue weighted by molar-refractivity contribution is 7.91. The third-order valence-electron chi connectivity index (χ3n) is 2.63. The third-order valence-corrected chi connectivity index (χ3v) is 3.76. The van der Waals surface area contributed by atoms with Gasteiger partial charge in [0.15, 0.2) is 9.84 Å². The molecule has 5 nitrogen and oxygen atoms in total. The predicted octanol–water partition coefficient (Wildman–Crippen LogP) is 0.681. The van der Waals surface area contributed by atoms with Crippen LogP contribution in [0.3, 0.4) is 0 Å². The zero-order chi connectivity index (χ0) is 12.8. The fraction of sp³-hybridized carbons (Fsp3) is 0.182. The molecule has 1 aromatic carbocycles. The Labute approximate surface area is 98.8 Å². The lowest BCUT2D eigenvalue weighted by atomic mass is 10.2. The van der Waals surface area contributed by atoms with Gasteiger partial charge in [-0.1, -0.05) is 12.1 Å². The molecule has 0 saturated carbocycles. The molecule has 0 aliphatic carbocycles. The fourth-order valence-electron chi connectivity index (χ4n) is 1.93. The summed E-state index contributed by atoms with van der Waals surface area (Å²) in [5.41, 5.74) is 6.08. The van der Waals surface area contributed by atoms with E-state index >= 15 is 0 Å². The highest BCUT2D eigenvalue weighted by Gasteiger charge is 2.18. The van der Waals surface area contributed by atoms with Gasteiger partial charge in [0.05, 0.1) is 16.0 Å². The van der Waals surface area contributed by atoms with Crippen molar-refractivity contribution in [3.63, 3.8) is 0 Å².